The largest absolute Gasteiger partial charge is 0.323 e. The van der Waals surface area contributed by atoms with Gasteiger partial charge in [-0.25, -0.2) is 0 Å². The Kier molecular flexibility index (Phi) is 7.13. The quantitative estimate of drug-likeness (QED) is 0.484. The lowest BCUT2D eigenvalue weighted by molar-refractivity contribution is -0.111. The van der Waals surface area contributed by atoms with Crippen LogP contribution in [0.5, 0.6) is 0 Å². The van der Waals surface area contributed by atoms with Crippen molar-refractivity contribution in [2.45, 2.75) is 25.8 Å². The summed E-state index contributed by atoms with van der Waals surface area (Å²) in [5.41, 5.74) is 4.85. The number of carbonyl (C=O) groups excluding carboxylic acids is 1. The Morgan fingerprint density at radius 1 is 0.935 bits per heavy atom. The number of anilines is 1. The Bertz CT molecular complexity index is 1020. The maximum atomic E-state index is 12.3. The van der Waals surface area contributed by atoms with E-state index in [0.717, 1.165) is 29.1 Å². The van der Waals surface area contributed by atoms with Gasteiger partial charge in [-0.3, -0.25) is 14.7 Å². The Hall–Kier alpha value is -2.95. The Labute approximate surface area is 188 Å². The van der Waals surface area contributed by atoms with Gasteiger partial charge in [0.1, 0.15) is 0 Å². The molecule has 31 heavy (non-hydrogen) atoms. The Morgan fingerprint density at radius 2 is 1.65 bits per heavy atom. The van der Waals surface area contributed by atoms with Gasteiger partial charge in [-0.2, -0.15) is 0 Å². The normalized spacial score (nSPS) is 14.6. The van der Waals surface area contributed by atoms with Crippen LogP contribution in [0.2, 0.25) is 5.02 Å². The fourth-order valence-corrected chi connectivity index (χ4v) is 3.86. The Balaban J connectivity index is 1.30. The van der Waals surface area contributed by atoms with Gasteiger partial charge in [0.25, 0.3) is 0 Å². The minimum atomic E-state index is -0.174. The Morgan fingerprint density at radius 3 is 2.32 bits per heavy atom. The van der Waals surface area contributed by atoms with E-state index in [-0.39, 0.29) is 5.91 Å². The van der Waals surface area contributed by atoms with Gasteiger partial charge < -0.3 is 5.32 Å². The number of aromatic nitrogens is 1. The van der Waals surface area contributed by atoms with Crippen molar-refractivity contribution in [2.75, 3.05) is 18.4 Å². The molecule has 0 radical (unpaired) electrons. The fraction of sp³-hybridized carbons (Fsp3) is 0.231. The molecular weight excluding hydrogens is 406 g/mol. The summed E-state index contributed by atoms with van der Waals surface area (Å²) >= 11 is 5.94. The summed E-state index contributed by atoms with van der Waals surface area (Å²) in [6, 6.07) is 19.6. The van der Waals surface area contributed by atoms with E-state index >= 15 is 0 Å². The first-order valence-electron chi connectivity index (χ1n) is 10.7. The van der Waals surface area contributed by atoms with Gasteiger partial charge in [-0.15, -0.1) is 0 Å². The second kappa shape index (κ2) is 10.4. The fourth-order valence-electron chi connectivity index (χ4n) is 3.73. The second-order valence-corrected chi connectivity index (χ2v) is 8.27. The minimum Gasteiger partial charge on any atom is -0.323 e. The van der Waals surface area contributed by atoms with Crippen LogP contribution in [-0.2, 0) is 11.3 Å². The second-order valence-electron chi connectivity index (χ2n) is 7.83. The molecule has 1 aromatic heterocycles. The van der Waals surface area contributed by atoms with E-state index in [1.807, 2.05) is 48.5 Å². The molecule has 4 nitrogen and oxygen atoms in total. The first-order chi connectivity index (χ1) is 15.2. The third-order valence-electron chi connectivity index (χ3n) is 5.45. The van der Waals surface area contributed by atoms with Gasteiger partial charge in [-0.05, 0) is 73.5 Å². The highest BCUT2D eigenvalue weighted by atomic mass is 35.5. The van der Waals surface area contributed by atoms with Crippen LogP contribution in [0.4, 0.5) is 5.69 Å². The van der Waals surface area contributed by atoms with Crippen LogP contribution < -0.4 is 5.32 Å². The van der Waals surface area contributed by atoms with Gasteiger partial charge in [0, 0.05) is 35.1 Å². The molecule has 5 heteroatoms. The minimum absolute atomic E-state index is 0.174. The van der Waals surface area contributed by atoms with Crippen LogP contribution in [0.25, 0.3) is 17.2 Å². The van der Waals surface area contributed by atoms with Gasteiger partial charge in [-0.1, -0.05) is 48.4 Å². The van der Waals surface area contributed by atoms with E-state index in [9.17, 15) is 4.79 Å². The number of amides is 1. The summed E-state index contributed by atoms with van der Waals surface area (Å²) < 4.78 is 0. The van der Waals surface area contributed by atoms with Crippen molar-refractivity contribution in [1.29, 1.82) is 0 Å². The molecule has 4 rings (SSSR count). The molecule has 1 fully saturated rings. The molecule has 0 unspecified atom stereocenters. The molecule has 2 heterocycles. The van der Waals surface area contributed by atoms with Gasteiger partial charge >= 0.3 is 0 Å². The molecular formula is C26H26ClN3O. The van der Waals surface area contributed by atoms with Crippen LogP contribution >= 0.6 is 11.6 Å². The molecule has 0 bridgehead atoms. The van der Waals surface area contributed by atoms with Crippen molar-refractivity contribution in [3.63, 3.8) is 0 Å². The van der Waals surface area contributed by atoms with Crippen molar-refractivity contribution >= 4 is 29.3 Å². The number of rotatable bonds is 6. The van der Waals surface area contributed by atoms with Crippen molar-refractivity contribution < 1.29 is 4.79 Å². The molecule has 1 N–H and O–H groups in total. The van der Waals surface area contributed by atoms with Crippen molar-refractivity contribution in [2.24, 2.45) is 0 Å². The summed E-state index contributed by atoms with van der Waals surface area (Å²) in [7, 11) is 0. The molecule has 0 saturated carbocycles. The summed E-state index contributed by atoms with van der Waals surface area (Å²) in [5.74, 6) is -0.174. The van der Waals surface area contributed by atoms with Crippen molar-refractivity contribution in [3.05, 3.63) is 89.2 Å². The van der Waals surface area contributed by atoms with E-state index in [4.69, 9.17) is 11.6 Å². The molecule has 1 amide bonds. The van der Waals surface area contributed by atoms with Gasteiger partial charge in [0.05, 0.1) is 5.69 Å². The molecule has 0 spiro atoms. The van der Waals surface area contributed by atoms with Crippen LogP contribution in [-0.4, -0.2) is 28.9 Å². The maximum absolute atomic E-state index is 12.3. The highest BCUT2D eigenvalue weighted by molar-refractivity contribution is 6.30. The molecule has 2 aromatic carbocycles. The van der Waals surface area contributed by atoms with E-state index < -0.39 is 0 Å². The number of nitrogens with one attached hydrogen (secondary N) is 1. The standard InChI is InChI=1S/C26H26ClN3O/c27-23-9-6-21(7-10-23)22-8-13-24(28-18-22)14-15-26(31)29-25-11-4-20(5-12-25)19-30-16-2-1-3-17-30/h4-15,18H,1-3,16-17,19H2,(H,29,31)/b15-14+. The van der Waals surface area contributed by atoms with Gasteiger partial charge in [0.15, 0.2) is 0 Å². The molecule has 158 valence electrons. The van der Waals surface area contributed by atoms with Crippen molar-refractivity contribution in [1.82, 2.24) is 9.88 Å². The van der Waals surface area contributed by atoms with E-state index in [1.165, 1.54) is 44.0 Å². The van der Waals surface area contributed by atoms with Crippen LogP contribution in [0.3, 0.4) is 0 Å². The highest BCUT2D eigenvalue weighted by Crippen LogP contribution is 2.21. The van der Waals surface area contributed by atoms with Gasteiger partial charge in [0.2, 0.25) is 5.91 Å². The zero-order valence-corrected chi connectivity index (χ0v) is 18.2. The van der Waals surface area contributed by atoms with Crippen LogP contribution in [0.15, 0.2) is 72.9 Å². The number of hydrogen-bond acceptors (Lipinski definition) is 3. The highest BCUT2D eigenvalue weighted by Gasteiger charge is 2.10. The number of likely N-dealkylation sites (tertiary alicyclic amines) is 1. The molecule has 1 aliphatic rings. The van der Waals surface area contributed by atoms with E-state index in [0.29, 0.717) is 5.02 Å². The SMILES string of the molecule is O=C(/C=C/c1ccc(-c2ccc(Cl)cc2)cn1)Nc1ccc(CN2CCCCC2)cc1. The summed E-state index contributed by atoms with van der Waals surface area (Å²) in [6.45, 7) is 3.34. The average Bonchev–Trinajstić information content (AvgIpc) is 2.81. The number of hydrogen-bond donors (Lipinski definition) is 1. The molecule has 0 atom stereocenters. The lowest BCUT2D eigenvalue weighted by atomic mass is 10.1. The maximum Gasteiger partial charge on any atom is 0.248 e. The first kappa shape index (κ1) is 21.3. The van der Waals surface area contributed by atoms with E-state index in [2.05, 4.69) is 27.3 Å². The summed E-state index contributed by atoms with van der Waals surface area (Å²) in [6.07, 6.45) is 8.94. The predicted octanol–water partition coefficient (Wildman–Crippen LogP) is 6.04. The number of halogens is 1. The lowest BCUT2D eigenvalue weighted by Crippen LogP contribution is -2.29. The third kappa shape index (κ3) is 6.27. The van der Waals surface area contributed by atoms with E-state index in [1.54, 1.807) is 12.3 Å². The summed E-state index contributed by atoms with van der Waals surface area (Å²) in [4.78, 5) is 19.2. The smallest absolute Gasteiger partial charge is 0.248 e. The van der Waals surface area contributed by atoms with Crippen LogP contribution in [0.1, 0.15) is 30.5 Å². The monoisotopic (exact) mass is 431 g/mol. The number of nitrogens with zero attached hydrogens (tertiary/aromatic N) is 2. The number of benzene rings is 2. The molecule has 1 saturated heterocycles. The number of carbonyl (C=O) groups is 1. The lowest BCUT2D eigenvalue weighted by Gasteiger charge is -2.26. The predicted molar refractivity (Wildman–Crippen MR) is 128 cm³/mol. The first-order valence-corrected chi connectivity index (χ1v) is 11.1. The number of pyridine rings is 1. The zero-order chi connectivity index (χ0) is 21.5. The topological polar surface area (TPSA) is 45.2 Å². The zero-order valence-electron chi connectivity index (χ0n) is 17.4. The number of piperidine rings is 1. The van der Waals surface area contributed by atoms with Crippen molar-refractivity contribution in [3.8, 4) is 11.1 Å². The summed E-state index contributed by atoms with van der Waals surface area (Å²) in [5, 5.41) is 3.61. The molecule has 1 aliphatic heterocycles. The molecule has 3 aromatic rings. The molecule has 0 aliphatic carbocycles. The van der Waals surface area contributed by atoms with Crippen LogP contribution in [0, 0.1) is 0 Å². The average molecular weight is 432 g/mol. The third-order valence-corrected chi connectivity index (χ3v) is 5.70.